The minimum Gasteiger partial charge on any atom is -0.383 e. The number of nitrogens with one attached hydrogen (secondary N) is 2. The number of nitrogens with zero attached hydrogens (tertiary/aromatic N) is 3. The Kier molecular flexibility index (Phi) is 6.99. The molecule has 1 aromatic heterocycles. The topological polar surface area (TPSA) is 139 Å². The zero-order valence-electron chi connectivity index (χ0n) is 16.9. The van der Waals surface area contributed by atoms with Gasteiger partial charge in [0, 0.05) is 25.7 Å². The van der Waals surface area contributed by atoms with Gasteiger partial charge in [-0.15, -0.1) is 6.42 Å². The normalized spacial score (nSPS) is 19.5. The standard InChI is InChI=1S/C21H24FN7O2/c1-2-13(10-22)11-26-20(28-24)16-9-15(12-25-19(16)23)14-5-7-29(8-6-14)21(31)17-3-4-18(30)27-17/h1,5,9-10,12,17H,3-4,6-8,11,24H2,(H2,23,25)(H,26,28)(H,27,30)/b13-10-. The fraction of sp³-hybridized carbons (Fsp3) is 0.333. The van der Waals surface area contributed by atoms with Crippen molar-refractivity contribution in [3.05, 3.63) is 41.4 Å². The summed E-state index contributed by atoms with van der Waals surface area (Å²) in [7, 11) is 0. The van der Waals surface area contributed by atoms with Gasteiger partial charge in [-0.05, 0) is 30.0 Å². The molecule has 3 rings (SSSR count). The second kappa shape index (κ2) is 9.86. The predicted molar refractivity (Wildman–Crippen MR) is 116 cm³/mol. The molecular formula is C21H24FN7O2. The number of amidine groups is 1. The molecule has 0 radical (unpaired) electrons. The van der Waals surface area contributed by atoms with Gasteiger partial charge in [0.25, 0.3) is 0 Å². The monoisotopic (exact) mass is 425 g/mol. The fourth-order valence-corrected chi connectivity index (χ4v) is 3.48. The molecule has 0 aliphatic carbocycles. The number of amides is 2. The molecule has 1 fully saturated rings. The highest BCUT2D eigenvalue weighted by Gasteiger charge is 2.31. The lowest BCUT2D eigenvalue weighted by Gasteiger charge is -2.29. The van der Waals surface area contributed by atoms with E-state index in [9.17, 15) is 14.0 Å². The van der Waals surface area contributed by atoms with Gasteiger partial charge in [0.1, 0.15) is 24.0 Å². The summed E-state index contributed by atoms with van der Waals surface area (Å²) >= 11 is 0. The van der Waals surface area contributed by atoms with E-state index in [-0.39, 0.29) is 35.6 Å². The van der Waals surface area contributed by atoms with Crippen LogP contribution in [0.25, 0.3) is 5.57 Å². The molecule has 10 heteroatoms. The first kappa shape index (κ1) is 22.0. The van der Waals surface area contributed by atoms with Crippen molar-refractivity contribution in [3.63, 3.8) is 0 Å². The zero-order valence-corrected chi connectivity index (χ0v) is 16.9. The molecule has 0 aromatic carbocycles. The van der Waals surface area contributed by atoms with Gasteiger partial charge < -0.3 is 21.4 Å². The summed E-state index contributed by atoms with van der Waals surface area (Å²) in [6.45, 7) is 0.885. The third kappa shape index (κ3) is 5.07. The molecular weight excluding hydrogens is 401 g/mol. The van der Waals surface area contributed by atoms with Crippen LogP contribution >= 0.6 is 0 Å². The van der Waals surface area contributed by atoms with E-state index in [1.165, 1.54) is 0 Å². The van der Waals surface area contributed by atoms with E-state index in [2.05, 4.69) is 26.6 Å². The lowest BCUT2D eigenvalue weighted by atomic mass is 9.98. The number of carbonyl (C=O) groups is 2. The number of hydrazine groups is 1. The number of hydrogen-bond donors (Lipinski definition) is 4. The van der Waals surface area contributed by atoms with E-state index in [0.29, 0.717) is 44.2 Å². The molecule has 0 bridgehead atoms. The summed E-state index contributed by atoms with van der Waals surface area (Å²) in [5, 5.41) is 2.71. The van der Waals surface area contributed by atoms with Gasteiger partial charge in [-0.3, -0.25) is 14.6 Å². The Morgan fingerprint density at radius 2 is 2.32 bits per heavy atom. The number of aliphatic imine (C=N–C) groups is 1. The second-order valence-electron chi connectivity index (χ2n) is 7.17. The number of pyridine rings is 1. The smallest absolute Gasteiger partial charge is 0.245 e. The summed E-state index contributed by atoms with van der Waals surface area (Å²) in [5.41, 5.74) is 10.8. The lowest BCUT2D eigenvalue weighted by Crippen LogP contribution is -2.45. The number of rotatable bonds is 5. The molecule has 1 saturated heterocycles. The maximum absolute atomic E-state index is 12.7. The number of terminal acetylenes is 1. The Morgan fingerprint density at radius 3 is 2.90 bits per heavy atom. The van der Waals surface area contributed by atoms with E-state index in [0.717, 1.165) is 11.1 Å². The molecule has 1 aromatic rings. The van der Waals surface area contributed by atoms with Crippen molar-refractivity contribution in [2.45, 2.75) is 25.3 Å². The summed E-state index contributed by atoms with van der Waals surface area (Å²) in [5.74, 6) is 8.05. The molecule has 3 heterocycles. The number of nitrogens with two attached hydrogens (primary N) is 2. The molecule has 1 atom stereocenters. The predicted octanol–water partition coefficient (Wildman–Crippen LogP) is 0.255. The second-order valence-corrected chi connectivity index (χ2v) is 7.17. The molecule has 1 unspecified atom stereocenters. The number of halogens is 1. The van der Waals surface area contributed by atoms with Gasteiger partial charge in [-0.1, -0.05) is 12.0 Å². The summed E-state index contributed by atoms with van der Waals surface area (Å²) in [6, 6.07) is 1.35. The van der Waals surface area contributed by atoms with Crippen molar-refractivity contribution in [1.29, 1.82) is 0 Å². The molecule has 2 aliphatic heterocycles. The van der Waals surface area contributed by atoms with E-state index in [4.69, 9.17) is 18.0 Å². The van der Waals surface area contributed by atoms with Crippen molar-refractivity contribution in [2.24, 2.45) is 10.8 Å². The summed E-state index contributed by atoms with van der Waals surface area (Å²) in [4.78, 5) is 34.1. The fourth-order valence-electron chi connectivity index (χ4n) is 3.48. The van der Waals surface area contributed by atoms with E-state index in [1.54, 1.807) is 17.2 Å². The number of aromatic nitrogens is 1. The van der Waals surface area contributed by atoms with Crippen LogP contribution in [-0.2, 0) is 9.59 Å². The number of nitrogen functional groups attached to an aromatic ring is 1. The molecule has 2 amide bonds. The van der Waals surface area contributed by atoms with Crippen molar-refractivity contribution in [1.82, 2.24) is 20.6 Å². The van der Waals surface area contributed by atoms with Crippen molar-refractivity contribution in [2.75, 3.05) is 25.4 Å². The molecule has 9 nitrogen and oxygen atoms in total. The Morgan fingerprint density at radius 1 is 1.52 bits per heavy atom. The Bertz CT molecular complexity index is 1010. The van der Waals surface area contributed by atoms with Crippen LogP contribution < -0.4 is 22.3 Å². The average Bonchev–Trinajstić information content (AvgIpc) is 3.23. The average molecular weight is 425 g/mol. The molecule has 162 valence electrons. The van der Waals surface area contributed by atoms with Crippen LogP contribution in [-0.4, -0.2) is 53.2 Å². The first-order chi connectivity index (χ1) is 15.0. The van der Waals surface area contributed by atoms with E-state index >= 15 is 0 Å². The van der Waals surface area contributed by atoms with E-state index < -0.39 is 6.04 Å². The summed E-state index contributed by atoms with van der Waals surface area (Å²) < 4.78 is 12.7. The van der Waals surface area contributed by atoms with E-state index in [1.807, 2.05) is 6.08 Å². The van der Waals surface area contributed by atoms with Gasteiger partial charge in [0.2, 0.25) is 11.8 Å². The minimum atomic E-state index is -0.437. The molecule has 2 aliphatic rings. The largest absolute Gasteiger partial charge is 0.383 e. The Hall–Kier alpha value is -3.71. The lowest BCUT2D eigenvalue weighted by molar-refractivity contribution is -0.134. The van der Waals surface area contributed by atoms with Gasteiger partial charge in [0.15, 0.2) is 0 Å². The molecule has 0 saturated carbocycles. The van der Waals surface area contributed by atoms with Crippen molar-refractivity contribution in [3.8, 4) is 12.3 Å². The van der Waals surface area contributed by atoms with Crippen LogP contribution in [0.5, 0.6) is 0 Å². The molecule has 6 N–H and O–H groups in total. The minimum absolute atomic E-state index is 0.0636. The highest BCUT2D eigenvalue weighted by molar-refractivity contribution is 6.02. The van der Waals surface area contributed by atoms with Crippen LogP contribution in [0.15, 0.2) is 35.2 Å². The third-order valence-electron chi connectivity index (χ3n) is 5.22. The number of hydrogen-bond acceptors (Lipinski definition) is 6. The third-order valence-corrected chi connectivity index (χ3v) is 5.22. The van der Waals surface area contributed by atoms with Crippen LogP contribution in [0, 0.1) is 12.3 Å². The zero-order chi connectivity index (χ0) is 22.4. The SMILES string of the molecule is C#C/C(=C/F)CN=C(NN)c1cc(C2=CCN(C(=O)C3CCC(=O)N3)CC2)cnc1N. The van der Waals surface area contributed by atoms with Gasteiger partial charge in [-0.25, -0.2) is 15.2 Å². The van der Waals surface area contributed by atoms with Crippen LogP contribution in [0.3, 0.4) is 0 Å². The van der Waals surface area contributed by atoms with Crippen LogP contribution in [0.2, 0.25) is 0 Å². The van der Waals surface area contributed by atoms with Gasteiger partial charge in [0.05, 0.1) is 17.7 Å². The molecule has 0 spiro atoms. The Labute approximate surface area is 179 Å². The number of carbonyl (C=O) groups excluding carboxylic acids is 2. The first-order valence-corrected chi connectivity index (χ1v) is 9.77. The van der Waals surface area contributed by atoms with Crippen LogP contribution in [0.4, 0.5) is 10.2 Å². The van der Waals surface area contributed by atoms with Crippen molar-refractivity contribution < 1.29 is 14.0 Å². The molecule has 31 heavy (non-hydrogen) atoms. The Balaban J connectivity index is 1.76. The summed E-state index contributed by atoms with van der Waals surface area (Å²) in [6.07, 6.45) is 10.6. The quantitative estimate of drug-likeness (QED) is 0.175. The highest BCUT2D eigenvalue weighted by Crippen LogP contribution is 2.25. The van der Waals surface area contributed by atoms with Crippen molar-refractivity contribution >= 4 is 29.0 Å². The number of anilines is 1. The van der Waals surface area contributed by atoms with Gasteiger partial charge in [-0.2, -0.15) is 0 Å². The maximum atomic E-state index is 12.7. The first-order valence-electron chi connectivity index (χ1n) is 9.77. The maximum Gasteiger partial charge on any atom is 0.245 e. The van der Waals surface area contributed by atoms with Crippen LogP contribution in [0.1, 0.15) is 30.4 Å². The van der Waals surface area contributed by atoms with Gasteiger partial charge >= 0.3 is 0 Å². The highest BCUT2D eigenvalue weighted by atomic mass is 19.1.